The Hall–Kier alpha value is -2.31. The number of nitrogens with zero attached hydrogens (tertiary/aromatic N) is 2. The third-order valence-corrected chi connectivity index (χ3v) is 5.95. The summed E-state index contributed by atoms with van der Waals surface area (Å²) in [5.74, 6) is 1.89. The van der Waals surface area contributed by atoms with Crippen molar-refractivity contribution in [2.45, 2.75) is 31.8 Å². The molecule has 0 N–H and O–H groups in total. The van der Waals surface area contributed by atoms with E-state index in [9.17, 15) is 4.39 Å². The smallest absolute Gasteiger partial charge is 0.160 e. The zero-order valence-corrected chi connectivity index (χ0v) is 18.5. The van der Waals surface area contributed by atoms with Gasteiger partial charge in [0.1, 0.15) is 11.6 Å². The minimum absolute atomic E-state index is 0.262. The lowest BCUT2D eigenvalue weighted by Crippen LogP contribution is -2.46. The van der Waals surface area contributed by atoms with Crippen LogP contribution in [0.4, 0.5) is 4.39 Å². The van der Waals surface area contributed by atoms with Crippen molar-refractivity contribution in [2.24, 2.45) is 0 Å². The van der Waals surface area contributed by atoms with Gasteiger partial charge in [0.05, 0.1) is 21.3 Å². The number of benzene rings is 2. The topological polar surface area (TPSA) is 34.2 Å². The molecular weight excluding hydrogens is 383 g/mol. The number of halogens is 1. The zero-order valence-electron chi connectivity index (χ0n) is 18.5. The molecule has 2 aromatic rings. The van der Waals surface area contributed by atoms with Gasteiger partial charge in [-0.15, -0.1) is 0 Å². The predicted octanol–water partition coefficient (Wildman–Crippen LogP) is 3.99. The lowest BCUT2D eigenvalue weighted by molar-refractivity contribution is 0.111. The molecule has 164 valence electrons. The Kier molecular flexibility index (Phi) is 7.94. The molecule has 0 unspecified atom stereocenters. The quantitative estimate of drug-likeness (QED) is 0.618. The highest BCUT2D eigenvalue weighted by molar-refractivity contribution is 5.43. The van der Waals surface area contributed by atoms with Gasteiger partial charge in [-0.2, -0.15) is 0 Å². The van der Waals surface area contributed by atoms with Crippen molar-refractivity contribution in [1.82, 2.24) is 9.80 Å². The number of hydrogen-bond acceptors (Lipinski definition) is 5. The molecule has 0 radical (unpaired) electrons. The molecule has 1 atom stereocenters. The highest BCUT2D eigenvalue weighted by Gasteiger charge is 2.24. The highest BCUT2D eigenvalue weighted by atomic mass is 19.1. The molecule has 1 fully saturated rings. The molecular formula is C24H33FN2O3. The first kappa shape index (κ1) is 22.4. The summed E-state index contributed by atoms with van der Waals surface area (Å²) in [6.07, 6.45) is 3.31. The maximum Gasteiger partial charge on any atom is 0.160 e. The van der Waals surface area contributed by atoms with E-state index in [-0.39, 0.29) is 5.82 Å². The fraction of sp³-hybridized carbons (Fsp3) is 0.500. The molecule has 5 nitrogen and oxygen atoms in total. The Morgan fingerprint density at radius 2 is 1.77 bits per heavy atom. The van der Waals surface area contributed by atoms with E-state index >= 15 is 0 Å². The van der Waals surface area contributed by atoms with E-state index in [0.717, 1.165) is 56.1 Å². The van der Waals surface area contributed by atoms with Gasteiger partial charge in [-0.1, -0.05) is 12.1 Å². The van der Waals surface area contributed by atoms with E-state index in [1.807, 2.05) is 12.1 Å². The summed E-state index contributed by atoms with van der Waals surface area (Å²) in [6.45, 7) is 3.82. The molecule has 1 heterocycles. The highest BCUT2D eigenvalue weighted by Crippen LogP contribution is 2.28. The molecule has 1 aliphatic rings. The Morgan fingerprint density at radius 1 is 1.00 bits per heavy atom. The normalized spacial score (nSPS) is 17.2. The maximum atomic E-state index is 13.5. The minimum atomic E-state index is -0.262. The van der Waals surface area contributed by atoms with Crippen molar-refractivity contribution in [3.63, 3.8) is 0 Å². The Labute approximate surface area is 179 Å². The number of likely N-dealkylation sites (N-methyl/N-ethyl adjacent to an activating group) is 1. The van der Waals surface area contributed by atoms with Crippen molar-refractivity contribution >= 4 is 0 Å². The average molecular weight is 417 g/mol. The minimum Gasteiger partial charge on any atom is -0.496 e. The van der Waals surface area contributed by atoms with E-state index in [4.69, 9.17) is 14.2 Å². The summed E-state index contributed by atoms with van der Waals surface area (Å²) in [6, 6.07) is 11.4. The SMILES string of the molecule is COc1cc(F)ccc1CN1CCC[C@H](N(C)CCc2ccc(OC)c(OC)c2)C1. The maximum absolute atomic E-state index is 13.5. The molecule has 0 bridgehead atoms. The first-order valence-electron chi connectivity index (χ1n) is 10.5. The second kappa shape index (κ2) is 10.6. The third-order valence-electron chi connectivity index (χ3n) is 5.95. The number of hydrogen-bond donors (Lipinski definition) is 0. The van der Waals surface area contributed by atoms with Crippen LogP contribution in [0.3, 0.4) is 0 Å². The van der Waals surface area contributed by atoms with E-state index in [1.54, 1.807) is 21.3 Å². The van der Waals surface area contributed by atoms with E-state index < -0.39 is 0 Å². The third kappa shape index (κ3) is 5.64. The molecule has 1 aliphatic heterocycles. The van der Waals surface area contributed by atoms with Crippen LogP contribution in [0.1, 0.15) is 24.0 Å². The van der Waals surface area contributed by atoms with Crippen molar-refractivity contribution < 1.29 is 18.6 Å². The second-order valence-corrected chi connectivity index (χ2v) is 7.91. The van der Waals surface area contributed by atoms with E-state index in [1.165, 1.54) is 24.1 Å². The van der Waals surface area contributed by atoms with Crippen LogP contribution in [0, 0.1) is 5.82 Å². The average Bonchev–Trinajstić information content (AvgIpc) is 2.78. The summed E-state index contributed by atoms with van der Waals surface area (Å²) in [7, 11) is 7.12. The lowest BCUT2D eigenvalue weighted by Gasteiger charge is -2.38. The number of piperidine rings is 1. The van der Waals surface area contributed by atoms with Gasteiger partial charge in [0, 0.05) is 37.3 Å². The first-order valence-corrected chi connectivity index (χ1v) is 10.5. The Balaban J connectivity index is 1.56. The zero-order chi connectivity index (χ0) is 21.5. The molecule has 3 rings (SSSR count). The molecule has 0 aromatic heterocycles. The number of rotatable bonds is 9. The van der Waals surface area contributed by atoms with Gasteiger partial charge in [-0.25, -0.2) is 4.39 Å². The molecule has 0 saturated carbocycles. The van der Waals surface area contributed by atoms with Crippen LogP contribution < -0.4 is 14.2 Å². The summed E-state index contributed by atoms with van der Waals surface area (Å²) in [5, 5.41) is 0. The van der Waals surface area contributed by atoms with Crippen LogP contribution in [-0.4, -0.2) is 63.9 Å². The van der Waals surface area contributed by atoms with Gasteiger partial charge in [0.2, 0.25) is 0 Å². The number of ether oxygens (including phenoxy) is 3. The number of likely N-dealkylation sites (tertiary alicyclic amines) is 1. The molecule has 1 saturated heterocycles. The monoisotopic (exact) mass is 416 g/mol. The van der Waals surface area contributed by atoms with Crippen LogP contribution in [0.15, 0.2) is 36.4 Å². The van der Waals surface area contributed by atoms with Crippen molar-refractivity contribution in [1.29, 1.82) is 0 Å². The van der Waals surface area contributed by atoms with Crippen molar-refractivity contribution in [3.05, 3.63) is 53.3 Å². The van der Waals surface area contributed by atoms with Gasteiger partial charge >= 0.3 is 0 Å². The van der Waals surface area contributed by atoms with Crippen LogP contribution in [0.25, 0.3) is 0 Å². The Morgan fingerprint density at radius 3 is 2.50 bits per heavy atom. The fourth-order valence-corrected chi connectivity index (χ4v) is 4.15. The standard InChI is InChI=1S/C24H33FN2O3/c1-26(13-11-18-7-10-22(28-2)24(14-18)30-4)21-6-5-12-27(17-21)16-19-8-9-20(25)15-23(19)29-3/h7-10,14-15,21H,5-6,11-13,16-17H2,1-4H3/t21-/m0/s1. The molecule has 30 heavy (non-hydrogen) atoms. The van der Waals surface area contributed by atoms with Gasteiger partial charge in [0.15, 0.2) is 11.5 Å². The van der Waals surface area contributed by atoms with Crippen molar-refractivity contribution in [2.75, 3.05) is 48.0 Å². The first-order chi connectivity index (χ1) is 14.5. The van der Waals surface area contributed by atoms with E-state index in [0.29, 0.717) is 11.8 Å². The van der Waals surface area contributed by atoms with Crippen LogP contribution in [0.5, 0.6) is 17.2 Å². The number of methoxy groups -OCH3 is 3. The fourth-order valence-electron chi connectivity index (χ4n) is 4.15. The summed E-state index contributed by atoms with van der Waals surface area (Å²) in [4.78, 5) is 4.89. The van der Waals surface area contributed by atoms with Gasteiger partial charge in [-0.05, 0) is 56.6 Å². The van der Waals surface area contributed by atoms with Crippen LogP contribution in [-0.2, 0) is 13.0 Å². The van der Waals surface area contributed by atoms with Gasteiger partial charge < -0.3 is 19.1 Å². The molecule has 0 spiro atoms. The largest absolute Gasteiger partial charge is 0.496 e. The van der Waals surface area contributed by atoms with Crippen LogP contribution in [0.2, 0.25) is 0 Å². The molecule has 0 amide bonds. The lowest BCUT2D eigenvalue weighted by atomic mass is 10.0. The van der Waals surface area contributed by atoms with Crippen molar-refractivity contribution in [3.8, 4) is 17.2 Å². The summed E-state index contributed by atoms with van der Waals surface area (Å²) in [5.41, 5.74) is 2.27. The molecule has 6 heteroatoms. The van der Waals surface area contributed by atoms with Crippen LogP contribution >= 0.6 is 0 Å². The summed E-state index contributed by atoms with van der Waals surface area (Å²) < 4.78 is 29.6. The van der Waals surface area contributed by atoms with Gasteiger partial charge in [0.25, 0.3) is 0 Å². The molecule has 2 aromatic carbocycles. The molecule has 0 aliphatic carbocycles. The Bertz CT molecular complexity index is 830. The van der Waals surface area contributed by atoms with E-state index in [2.05, 4.69) is 29.0 Å². The summed E-state index contributed by atoms with van der Waals surface area (Å²) >= 11 is 0. The van der Waals surface area contributed by atoms with Gasteiger partial charge in [-0.3, -0.25) is 4.90 Å². The second-order valence-electron chi connectivity index (χ2n) is 7.91. The predicted molar refractivity (Wildman–Crippen MR) is 117 cm³/mol.